The predicted molar refractivity (Wildman–Crippen MR) is 84.2 cm³/mol. The minimum atomic E-state index is -3.74. The maximum Gasteiger partial charge on any atom is 0.244 e. The first-order valence-corrected chi connectivity index (χ1v) is 8.85. The summed E-state index contributed by atoms with van der Waals surface area (Å²) >= 11 is 7.47. The quantitative estimate of drug-likeness (QED) is 0.841. The molecule has 0 bridgehead atoms. The molecule has 0 aliphatic heterocycles. The Balaban J connectivity index is 2.36. The summed E-state index contributed by atoms with van der Waals surface area (Å²) in [5.74, 6) is 0.222. The highest BCUT2D eigenvalue weighted by molar-refractivity contribution is 7.89. The van der Waals surface area contributed by atoms with Crippen LogP contribution < -0.4 is 15.2 Å². The normalized spacial score (nSPS) is 11.6. The summed E-state index contributed by atoms with van der Waals surface area (Å²) in [5, 5.41) is 4.06. The Bertz CT molecular complexity index is 715. The Morgan fingerprint density at radius 1 is 1.43 bits per heavy atom. The van der Waals surface area contributed by atoms with E-state index in [1.807, 2.05) is 16.8 Å². The smallest absolute Gasteiger partial charge is 0.244 e. The number of sulfonamides is 1. The molecular formula is C13H15ClN2O3S2. The van der Waals surface area contributed by atoms with E-state index >= 15 is 0 Å². The molecule has 0 radical (unpaired) electrons. The first-order chi connectivity index (χ1) is 9.97. The Hall–Kier alpha value is -1.12. The molecule has 2 aromatic rings. The molecule has 1 aromatic heterocycles. The van der Waals surface area contributed by atoms with E-state index in [0.717, 1.165) is 5.56 Å². The van der Waals surface area contributed by atoms with Crippen molar-refractivity contribution in [3.8, 4) is 5.75 Å². The van der Waals surface area contributed by atoms with E-state index in [9.17, 15) is 8.42 Å². The molecule has 0 unspecified atom stereocenters. The lowest BCUT2D eigenvalue weighted by Crippen LogP contribution is -2.24. The molecule has 0 fully saturated rings. The highest BCUT2D eigenvalue weighted by Crippen LogP contribution is 2.31. The number of methoxy groups -OCH3 is 1. The minimum absolute atomic E-state index is 0.00632. The van der Waals surface area contributed by atoms with Gasteiger partial charge in [-0.15, -0.1) is 0 Å². The van der Waals surface area contributed by atoms with Crippen LogP contribution in [-0.2, 0) is 23.1 Å². The fourth-order valence-corrected chi connectivity index (χ4v) is 4.08. The van der Waals surface area contributed by atoms with Crippen LogP contribution in [0.25, 0.3) is 0 Å². The molecule has 8 heteroatoms. The van der Waals surface area contributed by atoms with Crippen molar-refractivity contribution in [1.82, 2.24) is 4.72 Å². The van der Waals surface area contributed by atoms with Crippen LogP contribution in [0.5, 0.6) is 5.75 Å². The second-order valence-electron chi connectivity index (χ2n) is 4.26. The highest BCUT2D eigenvalue weighted by atomic mass is 35.5. The third kappa shape index (κ3) is 3.75. The van der Waals surface area contributed by atoms with Crippen molar-refractivity contribution >= 4 is 33.0 Å². The average Bonchev–Trinajstić information content (AvgIpc) is 2.97. The summed E-state index contributed by atoms with van der Waals surface area (Å²) in [7, 11) is -2.34. The van der Waals surface area contributed by atoms with Gasteiger partial charge in [-0.3, -0.25) is 0 Å². The van der Waals surface area contributed by atoms with Crippen LogP contribution in [0.4, 0.5) is 0 Å². The summed E-state index contributed by atoms with van der Waals surface area (Å²) in [5.41, 5.74) is 7.04. The molecule has 0 aliphatic rings. The zero-order valence-corrected chi connectivity index (χ0v) is 13.7. The standard InChI is InChI=1S/C13H15ClN2O3S2/c1-19-13-10(6-15)4-11(14)5-12(13)21(17,18)16-7-9-2-3-20-8-9/h2-5,8,16H,6-7,15H2,1H3. The number of hydrogen-bond acceptors (Lipinski definition) is 5. The van der Waals surface area contributed by atoms with Gasteiger partial charge in [-0.05, 0) is 34.5 Å². The molecule has 1 heterocycles. The van der Waals surface area contributed by atoms with Crippen molar-refractivity contribution in [2.24, 2.45) is 5.73 Å². The van der Waals surface area contributed by atoms with Crippen molar-refractivity contribution in [1.29, 1.82) is 0 Å². The van der Waals surface area contributed by atoms with Gasteiger partial charge < -0.3 is 10.5 Å². The van der Waals surface area contributed by atoms with Crippen LogP contribution in [0.1, 0.15) is 11.1 Å². The maximum atomic E-state index is 12.4. The second-order valence-corrected chi connectivity index (χ2v) is 7.21. The first kappa shape index (κ1) is 16.3. The van der Waals surface area contributed by atoms with Gasteiger partial charge in [0.15, 0.2) is 0 Å². The number of nitrogens with two attached hydrogens (primary N) is 1. The summed E-state index contributed by atoms with van der Waals surface area (Å²) in [6.45, 7) is 0.343. The summed E-state index contributed by atoms with van der Waals surface area (Å²) in [4.78, 5) is -0.00632. The number of hydrogen-bond donors (Lipinski definition) is 2. The van der Waals surface area contributed by atoms with Crippen molar-refractivity contribution in [3.63, 3.8) is 0 Å². The van der Waals surface area contributed by atoms with Crippen molar-refractivity contribution in [2.45, 2.75) is 18.0 Å². The first-order valence-electron chi connectivity index (χ1n) is 6.05. The Kier molecular flexibility index (Phi) is 5.23. The number of ether oxygens (including phenoxy) is 1. The molecule has 0 amide bonds. The molecule has 2 rings (SSSR count). The third-order valence-corrected chi connectivity index (χ3v) is 5.21. The van der Waals surface area contributed by atoms with Gasteiger partial charge >= 0.3 is 0 Å². The van der Waals surface area contributed by atoms with Crippen LogP contribution >= 0.6 is 22.9 Å². The largest absolute Gasteiger partial charge is 0.495 e. The molecule has 3 N–H and O–H groups in total. The monoisotopic (exact) mass is 346 g/mol. The van der Waals surface area contributed by atoms with Gasteiger partial charge in [-0.1, -0.05) is 11.6 Å². The third-order valence-electron chi connectivity index (χ3n) is 2.86. The molecule has 0 spiro atoms. The van der Waals surface area contributed by atoms with Gasteiger partial charge in [0.2, 0.25) is 10.0 Å². The van der Waals surface area contributed by atoms with E-state index in [1.54, 1.807) is 6.07 Å². The van der Waals surface area contributed by atoms with E-state index in [0.29, 0.717) is 10.6 Å². The van der Waals surface area contributed by atoms with Crippen LogP contribution in [0.15, 0.2) is 33.9 Å². The summed E-state index contributed by atoms with van der Waals surface area (Å²) in [6.07, 6.45) is 0. The second kappa shape index (κ2) is 6.76. The van der Waals surface area contributed by atoms with Crippen molar-refractivity contribution < 1.29 is 13.2 Å². The van der Waals surface area contributed by atoms with E-state index in [1.165, 1.54) is 24.5 Å². The van der Waals surface area contributed by atoms with Crippen LogP contribution in [0.2, 0.25) is 5.02 Å². The van der Waals surface area contributed by atoms with Gasteiger partial charge in [-0.25, -0.2) is 13.1 Å². The molecule has 5 nitrogen and oxygen atoms in total. The van der Waals surface area contributed by atoms with Gasteiger partial charge in [0, 0.05) is 23.7 Å². The van der Waals surface area contributed by atoms with Crippen LogP contribution in [0.3, 0.4) is 0 Å². The molecule has 114 valence electrons. The number of thiophene rings is 1. The lowest BCUT2D eigenvalue weighted by molar-refractivity contribution is 0.397. The van der Waals surface area contributed by atoms with Crippen molar-refractivity contribution in [3.05, 3.63) is 45.1 Å². The van der Waals surface area contributed by atoms with E-state index in [-0.39, 0.29) is 23.7 Å². The zero-order valence-electron chi connectivity index (χ0n) is 11.3. The summed E-state index contributed by atoms with van der Waals surface area (Å²) < 4.78 is 32.6. The average molecular weight is 347 g/mol. The lowest BCUT2D eigenvalue weighted by atomic mass is 10.2. The van der Waals surface area contributed by atoms with Gasteiger partial charge in [0.1, 0.15) is 10.6 Å². The van der Waals surface area contributed by atoms with E-state index in [2.05, 4.69) is 4.72 Å². The minimum Gasteiger partial charge on any atom is -0.495 e. The molecule has 0 saturated carbocycles. The number of benzene rings is 1. The van der Waals surface area contributed by atoms with Crippen LogP contribution in [0, 0.1) is 0 Å². The topological polar surface area (TPSA) is 81.4 Å². The molecule has 0 saturated heterocycles. The summed E-state index contributed by atoms with van der Waals surface area (Å²) in [6, 6.07) is 4.81. The molecule has 1 aromatic carbocycles. The number of rotatable bonds is 6. The van der Waals surface area contributed by atoms with Gasteiger partial charge in [-0.2, -0.15) is 11.3 Å². The Labute approximate surface area is 132 Å². The molecule has 0 aliphatic carbocycles. The van der Waals surface area contributed by atoms with E-state index < -0.39 is 10.0 Å². The Morgan fingerprint density at radius 3 is 2.76 bits per heavy atom. The molecular weight excluding hydrogens is 332 g/mol. The highest BCUT2D eigenvalue weighted by Gasteiger charge is 2.22. The fraction of sp³-hybridized carbons (Fsp3) is 0.231. The maximum absolute atomic E-state index is 12.4. The van der Waals surface area contributed by atoms with Crippen LogP contribution in [-0.4, -0.2) is 15.5 Å². The Morgan fingerprint density at radius 2 is 2.19 bits per heavy atom. The predicted octanol–water partition coefficient (Wildman–Crippen LogP) is 2.35. The van der Waals surface area contributed by atoms with Crippen molar-refractivity contribution in [2.75, 3.05) is 7.11 Å². The zero-order chi connectivity index (χ0) is 15.5. The molecule has 0 atom stereocenters. The van der Waals surface area contributed by atoms with Gasteiger partial charge in [0.05, 0.1) is 7.11 Å². The fourth-order valence-electron chi connectivity index (χ4n) is 1.85. The number of halogens is 1. The number of nitrogens with one attached hydrogen (secondary N) is 1. The lowest BCUT2D eigenvalue weighted by Gasteiger charge is -2.14. The molecule has 21 heavy (non-hydrogen) atoms. The SMILES string of the molecule is COc1c(CN)cc(Cl)cc1S(=O)(=O)NCc1ccsc1. The van der Waals surface area contributed by atoms with Gasteiger partial charge in [0.25, 0.3) is 0 Å². The van der Waals surface area contributed by atoms with E-state index in [4.69, 9.17) is 22.1 Å².